The molecule has 0 heterocycles. The van der Waals surface area contributed by atoms with Gasteiger partial charge in [-0.3, -0.25) is 9.63 Å². The molecule has 0 unspecified atom stereocenters. The van der Waals surface area contributed by atoms with E-state index in [2.05, 4.69) is 5.32 Å². The van der Waals surface area contributed by atoms with Crippen LogP contribution in [0.3, 0.4) is 0 Å². The third-order valence-corrected chi connectivity index (χ3v) is 2.52. The fraction of sp³-hybridized carbons (Fsp3) is 0.857. The van der Waals surface area contributed by atoms with Crippen LogP contribution in [0, 0.1) is 5.92 Å². The molecule has 0 spiro atoms. The fourth-order valence-corrected chi connectivity index (χ4v) is 1.68. The zero-order valence-corrected chi connectivity index (χ0v) is 13.6. The van der Waals surface area contributed by atoms with Crippen molar-refractivity contribution < 1.29 is 19.2 Å². The van der Waals surface area contributed by atoms with Crippen LogP contribution in [-0.2, 0) is 14.4 Å². The van der Waals surface area contributed by atoms with Crippen molar-refractivity contribution >= 4 is 12.0 Å². The lowest BCUT2D eigenvalue weighted by Gasteiger charge is -2.25. The number of hydrogen-bond acceptors (Lipinski definition) is 4. The first-order chi connectivity index (χ1) is 9.05. The Morgan fingerprint density at radius 2 is 1.80 bits per heavy atom. The molecule has 6 nitrogen and oxygen atoms in total. The maximum absolute atomic E-state index is 11.8. The fourth-order valence-electron chi connectivity index (χ4n) is 1.68. The molecule has 6 heteroatoms. The van der Waals surface area contributed by atoms with Gasteiger partial charge in [-0.25, -0.2) is 9.86 Å². The minimum Gasteiger partial charge on any atom is -0.444 e. The first-order valence-corrected chi connectivity index (χ1v) is 6.85. The monoisotopic (exact) mass is 288 g/mol. The second kappa shape index (κ2) is 8.09. The molecule has 0 bridgehead atoms. The van der Waals surface area contributed by atoms with Gasteiger partial charge in [-0.2, -0.15) is 0 Å². The van der Waals surface area contributed by atoms with Crippen LogP contribution >= 0.6 is 0 Å². The molecule has 2 amide bonds. The van der Waals surface area contributed by atoms with Crippen molar-refractivity contribution in [2.75, 3.05) is 14.2 Å². The SMILES string of the molecule is CON(C)C(=O)C[C@H](CC(C)C)NC(=O)OC(C)(C)C. The molecule has 0 radical (unpaired) electrons. The molecule has 0 aromatic heterocycles. The minimum atomic E-state index is -0.556. The Hall–Kier alpha value is -1.30. The van der Waals surface area contributed by atoms with Gasteiger partial charge in [0.15, 0.2) is 0 Å². The normalized spacial score (nSPS) is 13.0. The molecule has 0 aliphatic heterocycles. The molecule has 1 N–H and O–H groups in total. The first kappa shape index (κ1) is 18.7. The summed E-state index contributed by atoms with van der Waals surface area (Å²) in [4.78, 5) is 28.5. The largest absolute Gasteiger partial charge is 0.444 e. The molecule has 0 aliphatic carbocycles. The summed E-state index contributed by atoms with van der Waals surface area (Å²) >= 11 is 0. The lowest BCUT2D eigenvalue weighted by Crippen LogP contribution is -2.42. The van der Waals surface area contributed by atoms with Crippen LogP contribution in [-0.4, -0.2) is 42.9 Å². The third-order valence-electron chi connectivity index (χ3n) is 2.52. The highest BCUT2D eigenvalue weighted by molar-refractivity contribution is 5.76. The van der Waals surface area contributed by atoms with Crippen molar-refractivity contribution in [3.63, 3.8) is 0 Å². The van der Waals surface area contributed by atoms with E-state index in [9.17, 15) is 9.59 Å². The van der Waals surface area contributed by atoms with Gasteiger partial charge in [0.1, 0.15) is 5.60 Å². The zero-order chi connectivity index (χ0) is 15.9. The van der Waals surface area contributed by atoms with Crippen LogP contribution in [0.25, 0.3) is 0 Å². The van der Waals surface area contributed by atoms with Gasteiger partial charge in [-0.15, -0.1) is 0 Å². The number of hydrogen-bond donors (Lipinski definition) is 1. The molecule has 0 aliphatic rings. The highest BCUT2D eigenvalue weighted by atomic mass is 16.7. The molecule has 0 aromatic carbocycles. The van der Waals surface area contributed by atoms with Crippen molar-refractivity contribution in [1.82, 2.24) is 10.4 Å². The minimum absolute atomic E-state index is 0.182. The van der Waals surface area contributed by atoms with Crippen molar-refractivity contribution in [2.24, 2.45) is 5.92 Å². The summed E-state index contributed by atoms with van der Waals surface area (Å²) in [7, 11) is 2.97. The van der Waals surface area contributed by atoms with Crippen LogP contribution in [0.1, 0.15) is 47.5 Å². The molecule has 0 saturated carbocycles. The van der Waals surface area contributed by atoms with E-state index in [1.807, 2.05) is 13.8 Å². The number of carbonyl (C=O) groups is 2. The molecule has 0 rings (SSSR count). The summed E-state index contributed by atoms with van der Waals surface area (Å²) in [5.74, 6) is 0.171. The Labute approximate surface area is 121 Å². The highest BCUT2D eigenvalue weighted by Gasteiger charge is 2.23. The molecule has 0 saturated heterocycles. The van der Waals surface area contributed by atoms with Gasteiger partial charge in [-0.1, -0.05) is 13.8 Å². The van der Waals surface area contributed by atoms with E-state index >= 15 is 0 Å². The number of nitrogens with zero attached hydrogens (tertiary/aromatic N) is 1. The maximum atomic E-state index is 11.8. The van der Waals surface area contributed by atoms with Crippen LogP contribution in [0.5, 0.6) is 0 Å². The van der Waals surface area contributed by atoms with Crippen LogP contribution in [0.4, 0.5) is 4.79 Å². The summed E-state index contributed by atoms with van der Waals surface area (Å²) in [6.07, 6.45) is 0.376. The summed E-state index contributed by atoms with van der Waals surface area (Å²) in [5.41, 5.74) is -0.556. The van der Waals surface area contributed by atoms with E-state index in [0.717, 1.165) is 5.06 Å². The van der Waals surface area contributed by atoms with E-state index < -0.39 is 11.7 Å². The zero-order valence-electron chi connectivity index (χ0n) is 13.6. The maximum Gasteiger partial charge on any atom is 0.407 e. The van der Waals surface area contributed by atoms with Crippen molar-refractivity contribution in [2.45, 2.75) is 59.1 Å². The smallest absolute Gasteiger partial charge is 0.407 e. The number of carbonyl (C=O) groups excluding carboxylic acids is 2. The number of hydroxylamine groups is 2. The van der Waals surface area contributed by atoms with Gasteiger partial charge in [-0.05, 0) is 33.1 Å². The van der Waals surface area contributed by atoms with Crippen molar-refractivity contribution in [3.8, 4) is 0 Å². The van der Waals surface area contributed by atoms with Crippen LogP contribution < -0.4 is 5.32 Å². The molecule has 118 valence electrons. The van der Waals surface area contributed by atoms with Gasteiger partial charge in [0, 0.05) is 19.5 Å². The second-order valence-electron chi connectivity index (χ2n) is 6.25. The molecular weight excluding hydrogens is 260 g/mol. The van der Waals surface area contributed by atoms with Crippen LogP contribution in [0.15, 0.2) is 0 Å². The van der Waals surface area contributed by atoms with Gasteiger partial charge >= 0.3 is 6.09 Å². The summed E-state index contributed by atoms with van der Waals surface area (Å²) in [5, 5.41) is 3.91. The highest BCUT2D eigenvalue weighted by Crippen LogP contribution is 2.12. The number of alkyl carbamates (subject to hydrolysis) is 1. The predicted octanol–water partition coefficient (Wildman–Crippen LogP) is 2.34. The molecule has 20 heavy (non-hydrogen) atoms. The van der Waals surface area contributed by atoms with E-state index in [1.165, 1.54) is 7.11 Å². The predicted molar refractivity (Wildman–Crippen MR) is 77.0 cm³/mol. The summed E-state index contributed by atoms with van der Waals surface area (Å²) in [6.45, 7) is 9.47. The van der Waals surface area contributed by atoms with E-state index in [4.69, 9.17) is 9.57 Å². The average molecular weight is 288 g/mol. The molecule has 0 fully saturated rings. The Morgan fingerprint density at radius 3 is 2.20 bits per heavy atom. The lowest BCUT2D eigenvalue weighted by atomic mass is 10.0. The van der Waals surface area contributed by atoms with E-state index in [1.54, 1.807) is 27.8 Å². The number of nitrogens with one attached hydrogen (secondary N) is 1. The Morgan fingerprint density at radius 1 is 1.25 bits per heavy atom. The second-order valence-corrected chi connectivity index (χ2v) is 6.25. The summed E-state index contributed by atoms with van der Waals surface area (Å²) < 4.78 is 5.21. The Balaban J connectivity index is 4.57. The van der Waals surface area contributed by atoms with E-state index in [-0.39, 0.29) is 18.4 Å². The molecule has 1 atom stereocenters. The number of amides is 2. The van der Waals surface area contributed by atoms with Gasteiger partial charge in [0.05, 0.1) is 7.11 Å². The van der Waals surface area contributed by atoms with Crippen molar-refractivity contribution in [1.29, 1.82) is 0 Å². The van der Waals surface area contributed by atoms with Crippen molar-refractivity contribution in [3.05, 3.63) is 0 Å². The third kappa shape index (κ3) is 8.74. The number of ether oxygens (including phenoxy) is 1. The molecular formula is C14H28N2O4. The average Bonchev–Trinajstić information content (AvgIpc) is 2.23. The molecule has 0 aromatic rings. The standard InChI is InChI=1S/C14H28N2O4/c1-10(2)8-11(9-12(17)16(6)19-7)15-13(18)20-14(3,4)5/h10-11H,8-9H2,1-7H3,(H,15,18)/t11-/m0/s1. The first-order valence-electron chi connectivity index (χ1n) is 6.85. The van der Waals surface area contributed by atoms with E-state index in [0.29, 0.717) is 12.3 Å². The quantitative estimate of drug-likeness (QED) is 0.762. The summed E-state index contributed by atoms with van der Waals surface area (Å²) in [6, 6.07) is -0.269. The number of rotatable bonds is 6. The topological polar surface area (TPSA) is 67.9 Å². The Kier molecular flexibility index (Phi) is 7.57. The lowest BCUT2D eigenvalue weighted by molar-refractivity contribution is -0.169. The Bertz CT molecular complexity index is 324. The van der Waals surface area contributed by atoms with Gasteiger partial charge in [0.25, 0.3) is 0 Å². The van der Waals surface area contributed by atoms with Gasteiger partial charge in [0.2, 0.25) is 5.91 Å². The van der Waals surface area contributed by atoms with Gasteiger partial charge < -0.3 is 10.1 Å². The van der Waals surface area contributed by atoms with Crippen LogP contribution in [0.2, 0.25) is 0 Å².